The van der Waals surface area contributed by atoms with Gasteiger partial charge in [0.05, 0.1) is 11.6 Å². The van der Waals surface area contributed by atoms with E-state index in [0.29, 0.717) is 0 Å². The van der Waals surface area contributed by atoms with Crippen LogP contribution in [0.25, 0.3) is 0 Å². The van der Waals surface area contributed by atoms with Gasteiger partial charge in [0.2, 0.25) is 0 Å². The summed E-state index contributed by atoms with van der Waals surface area (Å²) in [6.45, 7) is 0. The molecule has 0 saturated heterocycles. The largest absolute Gasteiger partial charge is 0.392 e. The van der Waals surface area contributed by atoms with Crippen molar-refractivity contribution in [3.05, 3.63) is 52.5 Å². The zero-order valence-electron chi connectivity index (χ0n) is 10.2. The number of aliphatic hydroxyl groups is 1. The van der Waals surface area contributed by atoms with E-state index in [9.17, 15) is 5.11 Å². The highest BCUT2D eigenvalue weighted by Gasteiger charge is 2.44. The molecule has 1 N–H and O–H groups in total. The molecule has 94 valence electrons. The lowest BCUT2D eigenvalue weighted by Gasteiger charge is -2.46. The van der Waals surface area contributed by atoms with E-state index in [1.165, 1.54) is 16.9 Å². The van der Waals surface area contributed by atoms with Gasteiger partial charge in [0, 0.05) is 22.9 Å². The second-order valence-corrected chi connectivity index (χ2v) is 6.03. The van der Waals surface area contributed by atoms with Gasteiger partial charge in [-0.25, -0.2) is 0 Å². The van der Waals surface area contributed by atoms with E-state index in [-0.39, 0.29) is 11.5 Å². The Morgan fingerprint density at radius 3 is 2.61 bits per heavy atom. The van der Waals surface area contributed by atoms with Crippen LogP contribution in [0.15, 0.2) is 42.0 Å². The van der Waals surface area contributed by atoms with E-state index in [1.807, 2.05) is 17.8 Å². The maximum Gasteiger partial charge on any atom is 0.0794 e. The fraction of sp³-hybridized carbons (Fsp3) is 0.400. The first-order chi connectivity index (χ1) is 8.81. The number of rotatable bonds is 4. The third-order valence-corrected chi connectivity index (χ3v) is 4.91. The molecule has 1 heterocycles. The Hall–Kier alpha value is -1.19. The maximum atomic E-state index is 10.6. The van der Waals surface area contributed by atoms with Crippen LogP contribution >= 0.6 is 11.3 Å². The van der Waals surface area contributed by atoms with Crippen LogP contribution in [-0.2, 0) is 11.8 Å². The number of hydrogen-bond donors (Lipinski definition) is 1. The minimum atomic E-state index is -0.297. The molecule has 0 amide bonds. The summed E-state index contributed by atoms with van der Waals surface area (Å²) in [7, 11) is 0. The molecule has 2 aromatic rings. The molecule has 18 heavy (non-hydrogen) atoms. The Morgan fingerprint density at radius 1 is 1.28 bits per heavy atom. The summed E-state index contributed by atoms with van der Waals surface area (Å²) < 4.78 is 0. The summed E-state index contributed by atoms with van der Waals surface area (Å²) in [5.74, 6) is 0. The Bertz CT molecular complexity index is 490. The summed E-state index contributed by atoms with van der Waals surface area (Å²) in [6, 6.07) is 10.5. The maximum absolute atomic E-state index is 10.6. The van der Waals surface area contributed by atoms with Gasteiger partial charge >= 0.3 is 0 Å². The first kappa shape index (κ1) is 11.9. The molecular weight excluding hydrogens is 242 g/mol. The fourth-order valence-corrected chi connectivity index (χ4v) is 3.50. The molecule has 0 aliphatic heterocycles. The molecule has 1 aliphatic rings. The molecule has 3 rings (SSSR count). The Kier molecular flexibility index (Phi) is 3.18. The summed E-state index contributed by atoms with van der Waals surface area (Å²) in [5.41, 5.74) is 3.09. The standard InChI is InChI=1S/C15H17NOS/c17-14(9-13-10-16-11-18-13)15(7-4-8-15)12-5-2-1-3-6-12/h1-3,5-6,10-11,14,17H,4,7-9H2. The molecule has 2 nitrogen and oxygen atoms in total. The number of thiazole rings is 1. The Balaban J connectivity index is 1.83. The molecule has 0 bridgehead atoms. The van der Waals surface area contributed by atoms with Gasteiger partial charge in [0.1, 0.15) is 0 Å². The van der Waals surface area contributed by atoms with E-state index >= 15 is 0 Å². The molecule has 1 aromatic heterocycles. The summed E-state index contributed by atoms with van der Waals surface area (Å²) in [6.07, 6.45) is 5.70. The van der Waals surface area contributed by atoms with Crippen molar-refractivity contribution in [1.82, 2.24) is 4.98 Å². The van der Waals surface area contributed by atoms with Crippen molar-refractivity contribution in [1.29, 1.82) is 0 Å². The lowest BCUT2D eigenvalue weighted by molar-refractivity contribution is 0.0291. The lowest BCUT2D eigenvalue weighted by atomic mass is 9.60. The highest BCUT2D eigenvalue weighted by molar-refractivity contribution is 7.09. The van der Waals surface area contributed by atoms with Crippen LogP contribution in [0.5, 0.6) is 0 Å². The van der Waals surface area contributed by atoms with E-state index < -0.39 is 0 Å². The summed E-state index contributed by atoms with van der Waals surface area (Å²) >= 11 is 1.63. The van der Waals surface area contributed by atoms with Crippen LogP contribution in [0.2, 0.25) is 0 Å². The predicted molar refractivity (Wildman–Crippen MR) is 73.8 cm³/mol. The first-order valence-corrected chi connectivity index (χ1v) is 7.30. The lowest BCUT2D eigenvalue weighted by Crippen LogP contribution is -2.46. The van der Waals surface area contributed by atoms with Gasteiger partial charge in [0.25, 0.3) is 0 Å². The number of hydrogen-bond acceptors (Lipinski definition) is 3. The third kappa shape index (κ3) is 1.98. The van der Waals surface area contributed by atoms with E-state index in [0.717, 1.165) is 19.3 Å². The van der Waals surface area contributed by atoms with Crippen molar-refractivity contribution in [3.8, 4) is 0 Å². The second kappa shape index (κ2) is 4.82. The quantitative estimate of drug-likeness (QED) is 0.915. The van der Waals surface area contributed by atoms with Crippen molar-refractivity contribution in [2.75, 3.05) is 0 Å². The van der Waals surface area contributed by atoms with Crippen LogP contribution in [-0.4, -0.2) is 16.2 Å². The zero-order chi connectivity index (χ0) is 12.4. The monoisotopic (exact) mass is 259 g/mol. The van der Waals surface area contributed by atoms with Gasteiger partial charge in [-0.3, -0.25) is 4.98 Å². The highest BCUT2D eigenvalue weighted by Crippen LogP contribution is 2.47. The van der Waals surface area contributed by atoms with E-state index in [1.54, 1.807) is 11.3 Å². The van der Waals surface area contributed by atoms with Crippen molar-refractivity contribution >= 4 is 11.3 Å². The molecule has 1 saturated carbocycles. The Labute approximate surface area is 111 Å². The molecule has 1 fully saturated rings. The second-order valence-electron chi connectivity index (χ2n) is 5.06. The summed E-state index contributed by atoms with van der Waals surface area (Å²) in [5, 5.41) is 10.6. The van der Waals surface area contributed by atoms with Gasteiger partial charge in [-0.15, -0.1) is 11.3 Å². The van der Waals surface area contributed by atoms with Gasteiger partial charge < -0.3 is 5.11 Å². The minimum absolute atomic E-state index is 0.0226. The molecule has 1 atom stereocenters. The molecule has 1 aliphatic carbocycles. The van der Waals surface area contributed by atoms with Crippen LogP contribution < -0.4 is 0 Å². The average molecular weight is 259 g/mol. The topological polar surface area (TPSA) is 33.1 Å². The molecule has 1 aromatic carbocycles. The minimum Gasteiger partial charge on any atom is -0.392 e. The average Bonchev–Trinajstić information content (AvgIpc) is 2.82. The number of nitrogens with zero attached hydrogens (tertiary/aromatic N) is 1. The van der Waals surface area contributed by atoms with Crippen molar-refractivity contribution < 1.29 is 5.11 Å². The van der Waals surface area contributed by atoms with Crippen molar-refractivity contribution in [3.63, 3.8) is 0 Å². The molecule has 1 unspecified atom stereocenters. The van der Waals surface area contributed by atoms with Crippen LogP contribution in [0, 0.1) is 0 Å². The molecular formula is C15H17NOS. The Morgan fingerprint density at radius 2 is 2.06 bits per heavy atom. The van der Waals surface area contributed by atoms with Gasteiger partial charge in [-0.05, 0) is 18.4 Å². The smallest absolute Gasteiger partial charge is 0.0794 e. The molecule has 0 spiro atoms. The molecule has 3 heteroatoms. The van der Waals surface area contributed by atoms with Gasteiger partial charge in [-0.2, -0.15) is 0 Å². The number of benzene rings is 1. The van der Waals surface area contributed by atoms with Crippen molar-refractivity contribution in [2.45, 2.75) is 37.2 Å². The van der Waals surface area contributed by atoms with Crippen LogP contribution in [0.3, 0.4) is 0 Å². The number of aliphatic hydroxyl groups excluding tert-OH is 1. The predicted octanol–water partition coefficient (Wildman–Crippen LogP) is 3.17. The van der Waals surface area contributed by atoms with E-state index in [4.69, 9.17) is 0 Å². The fourth-order valence-electron chi connectivity index (χ4n) is 2.87. The third-order valence-electron chi connectivity index (χ3n) is 4.11. The highest BCUT2D eigenvalue weighted by atomic mass is 32.1. The van der Waals surface area contributed by atoms with Crippen LogP contribution in [0.1, 0.15) is 29.7 Å². The normalized spacial score (nSPS) is 19.2. The van der Waals surface area contributed by atoms with Crippen LogP contribution in [0.4, 0.5) is 0 Å². The van der Waals surface area contributed by atoms with Gasteiger partial charge in [-0.1, -0.05) is 36.8 Å². The number of aromatic nitrogens is 1. The summed E-state index contributed by atoms with van der Waals surface area (Å²) in [4.78, 5) is 5.25. The SMILES string of the molecule is OC(Cc1cncs1)C1(c2ccccc2)CCC1. The molecule has 0 radical (unpaired) electrons. The van der Waals surface area contributed by atoms with Crippen molar-refractivity contribution in [2.24, 2.45) is 0 Å². The zero-order valence-corrected chi connectivity index (χ0v) is 11.1. The van der Waals surface area contributed by atoms with Gasteiger partial charge in [0.15, 0.2) is 0 Å². The first-order valence-electron chi connectivity index (χ1n) is 6.42. The van der Waals surface area contributed by atoms with E-state index in [2.05, 4.69) is 29.2 Å².